The van der Waals surface area contributed by atoms with Crippen LogP contribution in [0.15, 0.2) is 30.5 Å². The highest BCUT2D eigenvalue weighted by Crippen LogP contribution is 2.41. The van der Waals surface area contributed by atoms with Crippen LogP contribution in [0.5, 0.6) is 0 Å². The van der Waals surface area contributed by atoms with E-state index >= 15 is 0 Å². The van der Waals surface area contributed by atoms with Gasteiger partial charge in [0.05, 0.1) is 19.7 Å². The third kappa shape index (κ3) is 1.71. The Labute approximate surface area is 122 Å². The summed E-state index contributed by atoms with van der Waals surface area (Å²) in [4.78, 5) is 2.72. The number of fused-ring (bicyclic) bond motifs is 3. The second kappa shape index (κ2) is 4.44. The Morgan fingerprint density at radius 3 is 3.00 bits per heavy atom. The number of piperidine rings is 2. The first-order chi connectivity index (χ1) is 9.68. The van der Waals surface area contributed by atoms with Gasteiger partial charge in [-0.25, -0.2) is 0 Å². The molecule has 0 aromatic heterocycles. The average molecular weight is 268 g/mol. The van der Waals surface area contributed by atoms with Gasteiger partial charge in [-0.05, 0) is 38.3 Å². The minimum Gasteiger partial charge on any atom is -0.295 e. The number of hydrogen-bond acceptors (Lipinski definition) is 1. The molecule has 5 atom stereocenters. The van der Waals surface area contributed by atoms with E-state index in [1.807, 2.05) is 0 Å². The van der Waals surface area contributed by atoms with Gasteiger partial charge in [0.2, 0.25) is 0 Å². The van der Waals surface area contributed by atoms with Crippen molar-refractivity contribution in [3.05, 3.63) is 42.1 Å². The van der Waals surface area contributed by atoms with Gasteiger partial charge >= 0.3 is 0 Å². The van der Waals surface area contributed by atoms with E-state index in [-0.39, 0.29) is 0 Å². The fourth-order valence-corrected chi connectivity index (χ4v) is 4.55. The topological polar surface area (TPSA) is 3.24 Å². The molecule has 2 nitrogen and oxygen atoms in total. The molecule has 2 fully saturated rings. The summed E-state index contributed by atoms with van der Waals surface area (Å²) in [6.45, 7) is 4.96. The molecule has 1 radical (unpaired) electrons. The van der Waals surface area contributed by atoms with E-state index in [0.29, 0.717) is 6.04 Å². The van der Waals surface area contributed by atoms with Crippen molar-refractivity contribution in [2.75, 3.05) is 20.1 Å². The van der Waals surface area contributed by atoms with Gasteiger partial charge < -0.3 is 0 Å². The summed E-state index contributed by atoms with van der Waals surface area (Å²) < 4.78 is 0.954. The van der Waals surface area contributed by atoms with Crippen molar-refractivity contribution in [1.29, 1.82) is 0 Å². The molecule has 105 valence electrons. The molecule has 3 heterocycles. The minimum atomic E-state index is 0.688. The van der Waals surface area contributed by atoms with Crippen LogP contribution in [0, 0.1) is 12.0 Å². The molecule has 0 amide bonds. The van der Waals surface area contributed by atoms with E-state index in [0.717, 1.165) is 16.4 Å². The van der Waals surface area contributed by atoms with Crippen molar-refractivity contribution in [1.82, 2.24) is 9.38 Å². The van der Waals surface area contributed by atoms with E-state index in [4.69, 9.17) is 0 Å². The number of nitrogens with zero attached hydrogens (tertiary/aromatic N) is 2. The Morgan fingerprint density at radius 1 is 1.30 bits per heavy atom. The van der Waals surface area contributed by atoms with Crippen LogP contribution < -0.4 is 4.48 Å². The lowest BCUT2D eigenvalue weighted by Gasteiger charge is -2.50. The Morgan fingerprint density at radius 2 is 2.15 bits per heavy atom. The van der Waals surface area contributed by atoms with Gasteiger partial charge in [0.1, 0.15) is 17.9 Å². The smallest absolute Gasteiger partial charge is 0.145 e. The lowest BCUT2D eigenvalue weighted by Crippen LogP contribution is -2.61. The largest absolute Gasteiger partial charge is 0.295 e. The third-order valence-electron chi connectivity index (χ3n) is 5.97. The molecule has 0 aliphatic carbocycles. The van der Waals surface area contributed by atoms with E-state index in [9.17, 15) is 0 Å². The van der Waals surface area contributed by atoms with Crippen LogP contribution in [-0.4, -0.2) is 37.1 Å². The molecule has 3 aliphatic heterocycles. The molecule has 1 aromatic carbocycles. The van der Waals surface area contributed by atoms with Crippen molar-refractivity contribution in [2.24, 2.45) is 5.92 Å². The SMILES string of the molecule is CC1C2CCCN1CC([N+]1(C)C=[C]c3ccccc31)C2. The van der Waals surface area contributed by atoms with Crippen LogP contribution in [0.4, 0.5) is 5.69 Å². The maximum absolute atomic E-state index is 3.49. The summed E-state index contributed by atoms with van der Waals surface area (Å²) in [5, 5.41) is 0. The van der Waals surface area contributed by atoms with Crippen molar-refractivity contribution in [3.8, 4) is 0 Å². The van der Waals surface area contributed by atoms with E-state index in [2.05, 4.69) is 55.4 Å². The zero-order chi connectivity index (χ0) is 13.7. The fourth-order valence-electron chi connectivity index (χ4n) is 4.55. The normalized spacial score (nSPS) is 42.5. The van der Waals surface area contributed by atoms with Crippen LogP contribution in [-0.2, 0) is 0 Å². The quantitative estimate of drug-likeness (QED) is 0.707. The average Bonchev–Trinajstić information content (AvgIpc) is 2.78. The Bertz CT molecular complexity index is 536. The van der Waals surface area contributed by atoms with Gasteiger partial charge in [0.25, 0.3) is 0 Å². The molecule has 5 unspecified atom stereocenters. The van der Waals surface area contributed by atoms with Crippen molar-refractivity contribution >= 4 is 5.69 Å². The summed E-state index contributed by atoms with van der Waals surface area (Å²) in [6, 6.07) is 10.3. The molecule has 0 spiro atoms. The van der Waals surface area contributed by atoms with E-state index in [1.54, 1.807) is 0 Å². The van der Waals surface area contributed by atoms with Crippen LogP contribution in [0.1, 0.15) is 31.7 Å². The number of hydrogen-bond donors (Lipinski definition) is 0. The van der Waals surface area contributed by atoms with E-state index < -0.39 is 0 Å². The van der Waals surface area contributed by atoms with Gasteiger partial charge in [0, 0.05) is 24.1 Å². The number of benzene rings is 1. The monoisotopic (exact) mass is 268 g/mol. The lowest BCUT2D eigenvalue weighted by molar-refractivity contribution is 0.0201. The summed E-state index contributed by atoms with van der Waals surface area (Å²) in [5.41, 5.74) is 2.72. The van der Waals surface area contributed by atoms with Gasteiger partial charge in [0.15, 0.2) is 0 Å². The molecular weight excluding hydrogens is 244 g/mol. The van der Waals surface area contributed by atoms with Crippen molar-refractivity contribution < 1.29 is 0 Å². The zero-order valence-electron chi connectivity index (χ0n) is 12.5. The summed E-state index contributed by atoms with van der Waals surface area (Å²) in [7, 11) is 2.37. The van der Waals surface area contributed by atoms with Gasteiger partial charge in [-0.2, -0.15) is 0 Å². The van der Waals surface area contributed by atoms with Crippen LogP contribution >= 0.6 is 0 Å². The second-order valence-electron chi connectivity index (χ2n) is 6.97. The van der Waals surface area contributed by atoms with Crippen LogP contribution in [0.25, 0.3) is 0 Å². The van der Waals surface area contributed by atoms with Gasteiger partial charge in [-0.1, -0.05) is 12.1 Å². The third-order valence-corrected chi connectivity index (χ3v) is 5.97. The highest BCUT2D eigenvalue weighted by molar-refractivity contribution is 5.59. The molecular formula is C18H24N2+. The van der Waals surface area contributed by atoms with Gasteiger partial charge in [-0.3, -0.25) is 9.38 Å². The second-order valence-corrected chi connectivity index (χ2v) is 6.97. The first-order valence-electron chi connectivity index (χ1n) is 7.99. The maximum atomic E-state index is 3.49. The predicted octanol–water partition coefficient (Wildman–Crippen LogP) is 3.18. The Kier molecular flexibility index (Phi) is 2.80. The Balaban J connectivity index is 1.67. The minimum absolute atomic E-state index is 0.688. The van der Waals surface area contributed by atoms with Gasteiger partial charge in [-0.15, -0.1) is 0 Å². The highest BCUT2D eigenvalue weighted by Gasteiger charge is 2.46. The molecule has 2 heteroatoms. The first-order valence-corrected chi connectivity index (χ1v) is 7.99. The van der Waals surface area contributed by atoms with Crippen molar-refractivity contribution in [3.63, 3.8) is 0 Å². The summed E-state index contributed by atoms with van der Waals surface area (Å²) in [6.07, 6.45) is 9.96. The molecule has 0 saturated carbocycles. The summed E-state index contributed by atoms with van der Waals surface area (Å²) in [5.74, 6) is 0.888. The molecule has 0 N–H and O–H groups in total. The maximum Gasteiger partial charge on any atom is 0.145 e. The van der Waals surface area contributed by atoms with Crippen LogP contribution in [0.2, 0.25) is 0 Å². The summed E-state index contributed by atoms with van der Waals surface area (Å²) >= 11 is 0. The molecule has 1 aromatic rings. The van der Waals surface area contributed by atoms with Crippen LogP contribution in [0.3, 0.4) is 0 Å². The van der Waals surface area contributed by atoms with E-state index in [1.165, 1.54) is 43.6 Å². The number of likely N-dealkylation sites (N-methyl/N-ethyl adjacent to an activating group) is 1. The number of para-hydroxylation sites is 1. The standard InChI is InChI=1S/C18H24N2/c1-14-16-7-5-10-19(14)13-17(12-16)20(2)11-9-15-6-3-4-8-18(15)20/h3-4,6,8,11,14,16-17H,5,7,10,12-13H2,1-2H3/q+1. The first kappa shape index (κ1) is 12.6. The molecule has 4 rings (SSSR count). The Hall–Kier alpha value is -1.12. The highest BCUT2D eigenvalue weighted by atomic mass is 15.4. The van der Waals surface area contributed by atoms with Crippen molar-refractivity contribution in [2.45, 2.75) is 38.3 Å². The number of rotatable bonds is 1. The molecule has 2 bridgehead atoms. The molecule has 2 saturated heterocycles. The lowest BCUT2D eigenvalue weighted by atomic mass is 9.80. The zero-order valence-corrected chi connectivity index (χ0v) is 12.5. The molecule has 20 heavy (non-hydrogen) atoms. The number of quaternary nitrogens is 1. The molecule has 3 aliphatic rings. The predicted molar refractivity (Wildman–Crippen MR) is 83.2 cm³/mol. The fraction of sp³-hybridized carbons (Fsp3) is 0.556.